The molecular formula is C19H15ClN4O3S. The zero-order valence-corrected chi connectivity index (χ0v) is 16.6. The lowest BCUT2D eigenvalue weighted by atomic mass is 10.2. The third kappa shape index (κ3) is 4.02. The van der Waals surface area contributed by atoms with Crippen molar-refractivity contribution in [2.45, 2.75) is 17.4 Å². The van der Waals surface area contributed by atoms with Gasteiger partial charge in [-0.2, -0.15) is 0 Å². The maximum atomic E-state index is 6.01. The molecule has 0 saturated carbocycles. The van der Waals surface area contributed by atoms with Gasteiger partial charge in [0.25, 0.3) is 5.22 Å². The lowest BCUT2D eigenvalue weighted by molar-refractivity contribution is 0.415. The standard InChI is InChI=1S/C19H15ClN4O3S/c1-11(16-21-22-17(26-16)12-6-8-15(25-2)9-7-12)28-19-24-23-18(27-19)13-4-3-5-14(20)10-13/h3-11H,1-2H3/t11-/m0/s1. The molecule has 1 atom stereocenters. The molecule has 0 radical (unpaired) electrons. The van der Waals surface area contributed by atoms with E-state index in [1.165, 1.54) is 11.8 Å². The van der Waals surface area contributed by atoms with Crippen LogP contribution in [0.3, 0.4) is 0 Å². The van der Waals surface area contributed by atoms with Gasteiger partial charge in [0.05, 0.1) is 12.4 Å². The molecule has 0 aliphatic rings. The monoisotopic (exact) mass is 414 g/mol. The molecule has 2 heterocycles. The quantitative estimate of drug-likeness (QED) is 0.392. The van der Waals surface area contributed by atoms with Crippen molar-refractivity contribution in [2.75, 3.05) is 7.11 Å². The van der Waals surface area contributed by atoms with E-state index in [1.807, 2.05) is 43.3 Å². The van der Waals surface area contributed by atoms with E-state index in [0.717, 1.165) is 16.9 Å². The van der Waals surface area contributed by atoms with Crippen LogP contribution in [0.25, 0.3) is 22.9 Å². The minimum Gasteiger partial charge on any atom is -0.497 e. The number of thioether (sulfide) groups is 1. The first-order valence-corrected chi connectivity index (χ1v) is 9.62. The molecule has 0 aliphatic heterocycles. The Bertz CT molecular complexity index is 1080. The molecule has 2 aromatic heterocycles. The molecule has 0 fully saturated rings. The molecule has 9 heteroatoms. The fourth-order valence-corrected chi connectivity index (χ4v) is 3.35. The van der Waals surface area contributed by atoms with E-state index in [0.29, 0.717) is 27.9 Å². The molecular weight excluding hydrogens is 400 g/mol. The molecule has 0 saturated heterocycles. The maximum Gasteiger partial charge on any atom is 0.277 e. The fraction of sp³-hybridized carbons (Fsp3) is 0.158. The minimum absolute atomic E-state index is 0.160. The van der Waals surface area contributed by atoms with Gasteiger partial charge in [0.1, 0.15) is 5.75 Å². The Hall–Kier alpha value is -2.84. The highest BCUT2D eigenvalue weighted by molar-refractivity contribution is 7.99. The summed E-state index contributed by atoms with van der Waals surface area (Å²) in [6.45, 7) is 1.93. The van der Waals surface area contributed by atoms with Crippen LogP contribution in [0.5, 0.6) is 5.75 Å². The zero-order chi connectivity index (χ0) is 19.5. The van der Waals surface area contributed by atoms with Gasteiger partial charge in [0, 0.05) is 16.1 Å². The van der Waals surface area contributed by atoms with Gasteiger partial charge in [-0.15, -0.1) is 20.4 Å². The molecule has 0 aliphatic carbocycles. The van der Waals surface area contributed by atoms with Crippen LogP contribution in [0, 0.1) is 0 Å². The van der Waals surface area contributed by atoms with Gasteiger partial charge < -0.3 is 13.6 Å². The van der Waals surface area contributed by atoms with Gasteiger partial charge in [-0.1, -0.05) is 29.4 Å². The molecule has 0 N–H and O–H groups in total. The Labute approximate surface area is 170 Å². The van der Waals surface area contributed by atoms with Crippen LogP contribution < -0.4 is 4.74 Å². The topological polar surface area (TPSA) is 87.1 Å². The number of halogens is 1. The Morgan fingerprint density at radius 1 is 0.929 bits per heavy atom. The Morgan fingerprint density at radius 3 is 2.43 bits per heavy atom. The molecule has 0 unspecified atom stereocenters. The normalized spacial score (nSPS) is 12.1. The highest BCUT2D eigenvalue weighted by atomic mass is 35.5. The average molecular weight is 415 g/mol. The zero-order valence-electron chi connectivity index (χ0n) is 15.0. The summed E-state index contributed by atoms with van der Waals surface area (Å²) in [7, 11) is 1.62. The third-order valence-electron chi connectivity index (χ3n) is 3.88. The Morgan fingerprint density at radius 2 is 1.68 bits per heavy atom. The van der Waals surface area contributed by atoms with Gasteiger partial charge in [-0.05, 0) is 49.4 Å². The minimum atomic E-state index is -0.160. The van der Waals surface area contributed by atoms with Crippen molar-refractivity contribution < 1.29 is 13.6 Å². The summed E-state index contributed by atoms with van der Waals surface area (Å²) >= 11 is 7.35. The highest BCUT2D eigenvalue weighted by Crippen LogP contribution is 2.35. The maximum absolute atomic E-state index is 6.01. The van der Waals surface area contributed by atoms with E-state index >= 15 is 0 Å². The number of benzene rings is 2. The van der Waals surface area contributed by atoms with Crippen molar-refractivity contribution in [2.24, 2.45) is 0 Å². The Balaban J connectivity index is 1.47. The summed E-state index contributed by atoms with van der Waals surface area (Å²) in [6, 6.07) is 14.7. The molecule has 4 rings (SSSR count). The van der Waals surface area contributed by atoms with Crippen molar-refractivity contribution in [3.05, 3.63) is 59.4 Å². The van der Waals surface area contributed by atoms with Crippen molar-refractivity contribution >= 4 is 23.4 Å². The molecule has 0 spiro atoms. The van der Waals surface area contributed by atoms with Crippen LogP contribution >= 0.6 is 23.4 Å². The number of hydrogen-bond donors (Lipinski definition) is 0. The van der Waals surface area contributed by atoms with Crippen molar-refractivity contribution in [1.29, 1.82) is 0 Å². The Kier molecular flexibility index (Phi) is 5.31. The molecule has 0 bridgehead atoms. The second-order valence-corrected chi connectivity index (χ2v) is 7.55. The van der Waals surface area contributed by atoms with Crippen LogP contribution in [-0.4, -0.2) is 27.5 Å². The van der Waals surface area contributed by atoms with Gasteiger partial charge in [0.2, 0.25) is 17.7 Å². The van der Waals surface area contributed by atoms with E-state index in [1.54, 1.807) is 19.2 Å². The van der Waals surface area contributed by atoms with Gasteiger partial charge in [-0.25, -0.2) is 0 Å². The number of ether oxygens (including phenoxy) is 1. The van der Waals surface area contributed by atoms with Crippen LogP contribution in [0.1, 0.15) is 18.1 Å². The van der Waals surface area contributed by atoms with Crippen molar-refractivity contribution in [3.8, 4) is 28.7 Å². The number of rotatable bonds is 6. The summed E-state index contributed by atoms with van der Waals surface area (Å²) in [5.74, 6) is 2.08. The second kappa shape index (κ2) is 8.04. The smallest absolute Gasteiger partial charge is 0.277 e. The largest absolute Gasteiger partial charge is 0.497 e. The molecule has 7 nitrogen and oxygen atoms in total. The number of hydrogen-bond acceptors (Lipinski definition) is 8. The van der Waals surface area contributed by atoms with E-state index in [9.17, 15) is 0 Å². The number of methoxy groups -OCH3 is 1. The predicted octanol–water partition coefficient (Wildman–Crippen LogP) is 5.30. The highest BCUT2D eigenvalue weighted by Gasteiger charge is 2.20. The first-order chi connectivity index (χ1) is 13.6. The van der Waals surface area contributed by atoms with Crippen molar-refractivity contribution in [3.63, 3.8) is 0 Å². The first kappa shape index (κ1) is 18.5. The van der Waals surface area contributed by atoms with Gasteiger partial charge in [-0.3, -0.25) is 0 Å². The summed E-state index contributed by atoms with van der Waals surface area (Å²) in [5, 5.41) is 17.2. The summed E-state index contributed by atoms with van der Waals surface area (Å²) in [6.07, 6.45) is 0. The van der Waals surface area contributed by atoms with Crippen LogP contribution in [0.2, 0.25) is 5.02 Å². The lowest BCUT2D eigenvalue weighted by Gasteiger charge is -2.02. The van der Waals surface area contributed by atoms with Gasteiger partial charge in [0.15, 0.2) is 0 Å². The molecule has 4 aromatic rings. The van der Waals surface area contributed by atoms with E-state index < -0.39 is 0 Å². The molecule has 28 heavy (non-hydrogen) atoms. The van der Waals surface area contributed by atoms with Crippen LogP contribution in [0.15, 0.2) is 62.6 Å². The van der Waals surface area contributed by atoms with E-state index in [2.05, 4.69) is 20.4 Å². The molecule has 142 valence electrons. The summed E-state index contributed by atoms with van der Waals surface area (Å²) in [5.41, 5.74) is 1.58. The van der Waals surface area contributed by atoms with Crippen LogP contribution in [-0.2, 0) is 0 Å². The molecule has 2 aromatic carbocycles. The summed E-state index contributed by atoms with van der Waals surface area (Å²) < 4.78 is 16.7. The van der Waals surface area contributed by atoms with Gasteiger partial charge >= 0.3 is 0 Å². The lowest BCUT2D eigenvalue weighted by Crippen LogP contribution is -1.88. The molecule has 0 amide bonds. The van der Waals surface area contributed by atoms with E-state index in [4.69, 9.17) is 25.2 Å². The van der Waals surface area contributed by atoms with E-state index in [-0.39, 0.29) is 5.25 Å². The third-order valence-corrected chi connectivity index (χ3v) is 5.04. The average Bonchev–Trinajstić information content (AvgIpc) is 3.38. The van der Waals surface area contributed by atoms with Crippen molar-refractivity contribution in [1.82, 2.24) is 20.4 Å². The first-order valence-electron chi connectivity index (χ1n) is 8.36. The number of nitrogens with zero attached hydrogens (tertiary/aromatic N) is 4. The fourth-order valence-electron chi connectivity index (χ4n) is 2.45. The SMILES string of the molecule is COc1ccc(-c2nnc([C@H](C)Sc3nnc(-c4cccc(Cl)c4)o3)o2)cc1. The predicted molar refractivity (Wildman–Crippen MR) is 105 cm³/mol. The number of aromatic nitrogens is 4. The van der Waals surface area contributed by atoms with Crippen LogP contribution in [0.4, 0.5) is 0 Å². The summed E-state index contributed by atoms with van der Waals surface area (Å²) in [4.78, 5) is 0. The second-order valence-electron chi connectivity index (χ2n) is 5.82.